The predicted octanol–water partition coefficient (Wildman–Crippen LogP) is 3.02. The van der Waals surface area contributed by atoms with E-state index >= 15 is 0 Å². The van der Waals surface area contributed by atoms with Crippen LogP contribution in [0.4, 0.5) is 26.3 Å². The quantitative estimate of drug-likeness (QED) is 0.571. The van der Waals surface area contributed by atoms with Crippen molar-refractivity contribution >= 4 is 17.7 Å². The number of hydrogen-bond donors (Lipinski definition) is 0. The fourth-order valence-electron chi connectivity index (χ4n) is 3.45. The lowest BCUT2D eigenvalue weighted by Gasteiger charge is -2.33. The summed E-state index contributed by atoms with van der Waals surface area (Å²) in [5.41, 5.74) is -3.70. The first kappa shape index (κ1) is 20.2. The first-order valence-corrected chi connectivity index (χ1v) is 8.25. The second-order valence-corrected chi connectivity index (χ2v) is 6.70. The molecular formula is C17H14F6N2O3. The Balaban J connectivity index is 1.67. The Morgan fingerprint density at radius 3 is 1.89 bits per heavy atom. The van der Waals surface area contributed by atoms with Crippen LogP contribution in [0.2, 0.25) is 0 Å². The zero-order valence-corrected chi connectivity index (χ0v) is 14.2. The van der Waals surface area contributed by atoms with E-state index in [0.29, 0.717) is 4.90 Å². The van der Waals surface area contributed by atoms with E-state index in [9.17, 15) is 40.7 Å². The number of hydrogen-bond acceptors (Lipinski definition) is 3. The Bertz CT molecular complexity index is 784. The molecule has 0 spiro atoms. The molecule has 3 rings (SSSR count). The van der Waals surface area contributed by atoms with E-state index in [1.54, 1.807) is 0 Å². The van der Waals surface area contributed by atoms with Crippen LogP contribution < -0.4 is 0 Å². The smallest absolute Gasteiger partial charge is 0.341 e. The van der Waals surface area contributed by atoms with Gasteiger partial charge in [-0.15, -0.1) is 0 Å². The molecule has 0 unspecified atom stereocenters. The first-order valence-electron chi connectivity index (χ1n) is 8.25. The van der Waals surface area contributed by atoms with Crippen molar-refractivity contribution in [2.75, 3.05) is 19.6 Å². The van der Waals surface area contributed by atoms with Gasteiger partial charge in [0.05, 0.1) is 11.1 Å². The van der Waals surface area contributed by atoms with E-state index in [1.807, 2.05) is 0 Å². The maximum atomic E-state index is 13.1. The Hall–Kier alpha value is -2.59. The van der Waals surface area contributed by atoms with Crippen molar-refractivity contribution in [3.8, 4) is 0 Å². The van der Waals surface area contributed by atoms with Gasteiger partial charge in [-0.2, -0.15) is 26.3 Å². The number of carbonyl (C=O) groups excluding carboxylic acids is 3. The molecule has 3 amide bonds. The van der Waals surface area contributed by atoms with E-state index in [4.69, 9.17) is 0 Å². The third-order valence-corrected chi connectivity index (χ3v) is 5.13. The number of rotatable bonds is 3. The standard InChI is InChI=1S/C17H14F6N2O3/c18-16(19,20)15(17(21,22)23)6-8-24(9-15)12(26)5-7-25-13(27)10-3-1-2-4-11(10)14(25)28/h1-4H,5-9H2. The van der Waals surface area contributed by atoms with Crippen LogP contribution in [0.3, 0.4) is 0 Å². The van der Waals surface area contributed by atoms with E-state index in [2.05, 4.69) is 0 Å². The number of fused-ring (bicyclic) bond motifs is 1. The van der Waals surface area contributed by atoms with Crippen molar-refractivity contribution in [2.45, 2.75) is 25.2 Å². The molecule has 1 aromatic carbocycles. The number of amides is 3. The average molecular weight is 408 g/mol. The van der Waals surface area contributed by atoms with Gasteiger partial charge in [0.2, 0.25) is 5.91 Å². The minimum absolute atomic E-state index is 0.134. The van der Waals surface area contributed by atoms with Crippen molar-refractivity contribution < 1.29 is 40.7 Å². The molecule has 0 bridgehead atoms. The lowest BCUT2D eigenvalue weighted by atomic mass is 9.85. The fraction of sp³-hybridized carbons (Fsp3) is 0.471. The van der Waals surface area contributed by atoms with Crippen molar-refractivity contribution in [3.05, 3.63) is 35.4 Å². The largest absolute Gasteiger partial charge is 0.404 e. The van der Waals surface area contributed by atoms with Crippen LogP contribution in [0.25, 0.3) is 0 Å². The minimum Gasteiger partial charge on any atom is -0.341 e. The maximum Gasteiger partial charge on any atom is 0.404 e. The van der Waals surface area contributed by atoms with Crippen molar-refractivity contribution in [2.24, 2.45) is 5.41 Å². The molecule has 0 aromatic heterocycles. The van der Waals surface area contributed by atoms with Crippen molar-refractivity contribution in [1.82, 2.24) is 9.80 Å². The number of carbonyl (C=O) groups is 3. The second kappa shape index (κ2) is 6.49. The Morgan fingerprint density at radius 2 is 1.46 bits per heavy atom. The molecule has 2 aliphatic heterocycles. The van der Waals surface area contributed by atoms with E-state index < -0.39 is 68.0 Å². The summed E-state index contributed by atoms with van der Waals surface area (Å²) in [7, 11) is 0. The lowest BCUT2D eigenvalue weighted by molar-refractivity contribution is -0.334. The number of halogens is 6. The zero-order valence-electron chi connectivity index (χ0n) is 14.2. The summed E-state index contributed by atoms with van der Waals surface area (Å²) in [6, 6.07) is 5.91. The van der Waals surface area contributed by atoms with Gasteiger partial charge in [0.15, 0.2) is 5.41 Å². The van der Waals surface area contributed by atoms with Gasteiger partial charge in [-0.3, -0.25) is 19.3 Å². The van der Waals surface area contributed by atoms with Gasteiger partial charge in [0, 0.05) is 26.1 Å². The van der Waals surface area contributed by atoms with Gasteiger partial charge in [0.1, 0.15) is 0 Å². The number of alkyl halides is 6. The van der Waals surface area contributed by atoms with Crippen molar-refractivity contribution in [3.63, 3.8) is 0 Å². The van der Waals surface area contributed by atoms with E-state index in [1.165, 1.54) is 24.3 Å². The van der Waals surface area contributed by atoms with Gasteiger partial charge in [-0.25, -0.2) is 0 Å². The summed E-state index contributed by atoms with van der Waals surface area (Å²) in [5.74, 6) is -2.29. The number of benzene rings is 1. The van der Waals surface area contributed by atoms with Gasteiger partial charge < -0.3 is 4.90 Å². The molecule has 0 atom stereocenters. The summed E-state index contributed by atoms with van der Waals surface area (Å²) >= 11 is 0. The predicted molar refractivity (Wildman–Crippen MR) is 82.2 cm³/mol. The van der Waals surface area contributed by atoms with E-state index in [0.717, 1.165) is 4.90 Å². The van der Waals surface area contributed by atoms with Crippen molar-refractivity contribution in [1.29, 1.82) is 0 Å². The van der Waals surface area contributed by atoms with Crippen LogP contribution in [0, 0.1) is 5.41 Å². The zero-order chi connectivity index (χ0) is 20.9. The number of nitrogens with zero attached hydrogens (tertiary/aromatic N) is 2. The minimum atomic E-state index is -5.55. The molecule has 0 N–H and O–H groups in total. The highest BCUT2D eigenvalue weighted by molar-refractivity contribution is 6.21. The van der Waals surface area contributed by atoms with Crippen LogP contribution in [0.1, 0.15) is 33.6 Å². The summed E-state index contributed by atoms with van der Waals surface area (Å²) in [6.45, 7) is -2.66. The van der Waals surface area contributed by atoms with Gasteiger partial charge in [-0.1, -0.05) is 12.1 Å². The van der Waals surface area contributed by atoms with Crippen LogP contribution in [0.5, 0.6) is 0 Å². The van der Waals surface area contributed by atoms with Crippen LogP contribution in [-0.4, -0.2) is 59.5 Å². The first-order chi connectivity index (χ1) is 12.9. The molecule has 0 aliphatic carbocycles. The third kappa shape index (κ3) is 3.02. The van der Waals surface area contributed by atoms with Gasteiger partial charge >= 0.3 is 12.4 Å². The molecule has 1 saturated heterocycles. The molecule has 152 valence electrons. The summed E-state index contributed by atoms with van der Waals surface area (Å²) in [5, 5.41) is 0. The summed E-state index contributed by atoms with van der Waals surface area (Å²) in [6.07, 6.45) is -12.9. The van der Waals surface area contributed by atoms with Gasteiger partial charge in [-0.05, 0) is 18.6 Å². The Morgan fingerprint density at radius 1 is 0.964 bits per heavy atom. The maximum absolute atomic E-state index is 13.1. The topological polar surface area (TPSA) is 57.7 Å². The highest BCUT2D eigenvalue weighted by atomic mass is 19.4. The highest BCUT2D eigenvalue weighted by Gasteiger charge is 2.72. The van der Waals surface area contributed by atoms with E-state index in [-0.39, 0.29) is 11.1 Å². The molecule has 2 heterocycles. The molecule has 28 heavy (non-hydrogen) atoms. The molecule has 1 aromatic rings. The van der Waals surface area contributed by atoms with Crippen LogP contribution in [0.15, 0.2) is 24.3 Å². The van der Waals surface area contributed by atoms with Crippen LogP contribution in [-0.2, 0) is 4.79 Å². The third-order valence-electron chi connectivity index (χ3n) is 5.13. The monoisotopic (exact) mass is 408 g/mol. The fourth-order valence-corrected chi connectivity index (χ4v) is 3.45. The van der Waals surface area contributed by atoms with Crippen LogP contribution >= 0.6 is 0 Å². The molecule has 11 heteroatoms. The summed E-state index contributed by atoms with van der Waals surface area (Å²) < 4.78 is 78.5. The molecule has 1 fully saturated rings. The number of likely N-dealkylation sites (tertiary alicyclic amines) is 1. The second-order valence-electron chi connectivity index (χ2n) is 6.70. The molecule has 0 saturated carbocycles. The normalized spacial score (nSPS) is 19.4. The molecule has 2 aliphatic rings. The number of imide groups is 1. The lowest BCUT2D eigenvalue weighted by Crippen LogP contribution is -2.52. The highest BCUT2D eigenvalue weighted by Crippen LogP contribution is 2.55. The molecule has 0 radical (unpaired) electrons. The van der Waals surface area contributed by atoms with Gasteiger partial charge in [0.25, 0.3) is 11.8 Å². The summed E-state index contributed by atoms with van der Waals surface area (Å²) in [4.78, 5) is 37.8. The Labute approximate surface area is 154 Å². The molecular weight excluding hydrogens is 394 g/mol. The SMILES string of the molecule is O=C(CCN1C(=O)c2ccccc2C1=O)N1CCC(C(F)(F)F)(C(F)(F)F)C1. The average Bonchev–Trinajstić information content (AvgIpc) is 3.16. The molecule has 5 nitrogen and oxygen atoms in total. The Kier molecular flexibility index (Phi) is 4.67.